The van der Waals surface area contributed by atoms with Crippen LogP contribution in [0.4, 0.5) is 8.78 Å². The Bertz CT molecular complexity index is 520. The maximum Gasteiger partial charge on any atom is 0.263 e. The van der Waals surface area contributed by atoms with Gasteiger partial charge in [0, 0.05) is 12.0 Å². The normalized spacial score (nSPS) is 11.8. The molecule has 0 fully saturated rings. The summed E-state index contributed by atoms with van der Waals surface area (Å²) in [4.78, 5) is 0. The topological polar surface area (TPSA) is 35.2 Å². The highest BCUT2D eigenvalue weighted by Crippen LogP contribution is 2.26. The Labute approximate surface area is 129 Å². The molecule has 0 saturated heterocycles. The van der Waals surface area contributed by atoms with Crippen LogP contribution in [0.1, 0.15) is 30.1 Å². The Balaban J connectivity index is 0.00000220. The monoisotopic (exact) mass is 313 g/mol. The van der Waals surface area contributed by atoms with Crippen LogP contribution in [0.5, 0.6) is 5.75 Å². The van der Waals surface area contributed by atoms with Crippen molar-refractivity contribution in [1.82, 2.24) is 0 Å². The second kappa shape index (κ2) is 8.60. The molecule has 2 aromatic rings. The Morgan fingerprint density at radius 2 is 1.52 bits per heavy atom. The molecule has 0 aliphatic carbocycles. The number of hydrogen-bond donors (Lipinski definition) is 1. The second-order valence-electron chi connectivity index (χ2n) is 4.46. The van der Waals surface area contributed by atoms with Crippen molar-refractivity contribution >= 4 is 12.4 Å². The van der Waals surface area contributed by atoms with Crippen LogP contribution in [0, 0.1) is 0 Å². The number of ether oxygens (including phenoxy) is 1. The zero-order chi connectivity index (χ0) is 14.4. The van der Waals surface area contributed by atoms with E-state index in [0.717, 1.165) is 5.56 Å². The molecule has 2 aromatic carbocycles. The average molecular weight is 314 g/mol. The maximum atomic E-state index is 12.5. The Kier molecular flexibility index (Phi) is 7.12. The fourth-order valence-electron chi connectivity index (χ4n) is 1.97. The first kappa shape index (κ1) is 17.4. The number of rotatable bonds is 6. The molecule has 2 nitrogen and oxygen atoms in total. The standard InChI is InChI=1S/C16H17F2NO.ClH/c17-16(18)13-6-8-14(9-7-13)20-15(10-11-19)12-4-2-1-3-5-12;/h1-9,15-16H,10-11,19H2;1H. The molecule has 0 bridgehead atoms. The van der Waals surface area contributed by atoms with Gasteiger partial charge >= 0.3 is 0 Å². The van der Waals surface area contributed by atoms with Crippen LogP contribution >= 0.6 is 12.4 Å². The lowest BCUT2D eigenvalue weighted by Gasteiger charge is -2.19. The Morgan fingerprint density at radius 3 is 2.05 bits per heavy atom. The molecule has 2 N–H and O–H groups in total. The third kappa shape index (κ3) is 4.99. The lowest BCUT2D eigenvalue weighted by molar-refractivity contribution is 0.151. The SMILES string of the molecule is Cl.NCCC(Oc1ccc(C(F)F)cc1)c1ccccc1. The minimum Gasteiger partial charge on any atom is -0.486 e. The molecule has 0 amide bonds. The first-order chi connectivity index (χ1) is 9.70. The summed E-state index contributed by atoms with van der Waals surface area (Å²) >= 11 is 0. The molecule has 21 heavy (non-hydrogen) atoms. The van der Waals surface area contributed by atoms with Crippen molar-refractivity contribution in [2.45, 2.75) is 19.0 Å². The van der Waals surface area contributed by atoms with Gasteiger partial charge in [0.2, 0.25) is 0 Å². The van der Waals surface area contributed by atoms with E-state index >= 15 is 0 Å². The largest absolute Gasteiger partial charge is 0.486 e. The number of hydrogen-bond acceptors (Lipinski definition) is 2. The molecular weight excluding hydrogens is 296 g/mol. The van der Waals surface area contributed by atoms with Gasteiger partial charge in [-0.3, -0.25) is 0 Å². The van der Waals surface area contributed by atoms with Gasteiger partial charge in [-0.05, 0) is 36.4 Å². The van der Waals surface area contributed by atoms with E-state index in [1.54, 1.807) is 12.1 Å². The molecule has 5 heteroatoms. The van der Waals surface area contributed by atoms with Crippen molar-refractivity contribution in [3.63, 3.8) is 0 Å². The predicted molar refractivity (Wildman–Crippen MR) is 82.1 cm³/mol. The highest BCUT2D eigenvalue weighted by atomic mass is 35.5. The van der Waals surface area contributed by atoms with Crippen LogP contribution in [0.2, 0.25) is 0 Å². The van der Waals surface area contributed by atoms with E-state index in [1.165, 1.54) is 12.1 Å². The van der Waals surface area contributed by atoms with Crippen LogP contribution < -0.4 is 10.5 Å². The first-order valence-corrected chi connectivity index (χ1v) is 6.50. The summed E-state index contributed by atoms with van der Waals surface area (Å²) in [6, 6.07) is 15.6. The summed E-state index contributed by atoms with van der Waals surface area (Å²) < 4.78 is 30.8. The van der Waals surface area contributed by atoms with Gasteiger partial charge in [-0.15, -0.1) is 12.4 Å². The number of halogens is 3. The summed E-state index contributed by atoms with van der Waals surface area (Å²) in [6.45, 7) is 0.495. The molecule has 0 heterocycles. The van der Waals surface area contributed by atoms with Crippen molar-refractivity contribution < 1.29 is 13.5 Å². The Hall–Kier alpha value is -1.65. The van der Waals surface area contributed by atoms with E-state index in [4.69, 9.17) is 10.5 Å². The van der Waals surface area contributed by atoms with Gasteiger partial charge in [0.1, 0.15) is 11.9 Å². The first-order valence-electron chi connectivity index (χ1n) is 6.50. The van der Waals surface area contributed by atoms with Gasteiger partial charge in [0.25, 0.3) is 6.43 Å². The van der Waals surface area contributed by atoms with Gasteiger partial charge in [-0.1, -0.05) is 30.3 Å². The van der Waals surface area contributed by atoms with E-state index in [1.807, 2.05) is 30.3 Å². The van der Waals surface area contributed by atoms with Crippen molar-refractivity contribution in [3.05, 3.63) is 65.7 Å². The zero-order valence-electron chi connectivity index (χ0n) is 11.4. The predicted octanol–water partition coefficient (Wildman–Crippen LogP) is 4.51. The fraction of sp³-hybridized carbons (Fsp3) is 0.250. The summed E-state index contributed by atoms with van der Waals surface area (Å²) in [5.74, 6) is 0.566. The highest BCUT2D eigenvalue weighted by molar-refractivity contribution is 5.85. The van der Waals surface area contributed by atoms with Gasteiger partial charge in [-0.2, -0.15) is 0 Å². The molecule has 1 unspecified atom stereocenters. The lowest BCUT2D eigenvalue weighted by atomic mass is 10.1. The molecule has 0 aliphatic heterocycles. The zero-order valence-corrected chi connectivity index (χ0v) is 12.2. The van der Waals surface area contributed by atoms with Crippen LogP contribution in [-0.2, 0) is 0 Å². The van der Waals surface area contributed by atoms with E-state index in [0.29, 0.717) is 18.7 Å². The van der Waals surface area contributed by atoms with E-state index < -0.39 is 6.43 Å². The summed E-state index contributed by atoms with van der Waals surface area (Å²) in [5, 5.41) is 0. The number of benzene rings is 2. The molecule has 2 rings (SSSR count). The molecule has 0 radical (unpaired) electrons. The second-order valence-corrected chi connectivity index (χ2v) is 4.46. The third-order valence-corrected chi connectivity index (χ3v) is 3.01. The Morgan fingerprint density at radius 1 is 0.905 bits per heavy atom. The van der Waals surface area contributed by atoms with Crippen LogP contribution in [0.3, 0.4) is 0 Å². The molecule has 114 valence electrons. The van der Waals surface area contributed by atoms with Crippen molar-refractivity contribution in [2.24, 2.45) is 5.73 Å². The molecule has 0 aromatic heterocycles. The minimum absolute atomic E-state index is 0. The van der Waals surface area contributed by atoms with Crippen molar-refractivity contribution in [1.29, 1.82) is 0 Å². The summed E-state index contributed by atoms with van der Waals surface area (Å²) in [5.41, 5.74) is 6.62. The van der Waals surface area contributed by atoms with E-state index in [9.17, 15) is 8.78 Å². The summed E-state index contributed by atoms with van der Waals surface area (Å²) in [6.07, 6.45) is -1.96. The lowest BCUT2D eigenvalue weighted by Crippen LogP contribution is -2.13. The molecule has 1 atom stereocenters. The van der Waals surface area contributed by atoms with Crippen molar-refractivity contribution in [2.75, 3.05) is 6.54 Å². The van der Waals surface area contributed by atoms with Gasteiger partial charge in [0.05, 0.1) is 0 Å². The summed E-state index contributed by atoms with van der Waals surface area (Å²) in [7, 11) is 0. The van der Waals surface area contributed by atoms with Gasteiger partial charge in [-0.25, -0.2) is 8.78 Å². The van der Waals surface area contributed by atoms with Crippen molar-refractivity contribution in [3.8, 4) is 5.75 Å². The average Bonchev–Trinajstić information content (AvgIpc) is 2.48. The van der Waals surface area contributed by atoms with E-state index in [-0.39, 0.29) is 24.1 Å². The number of alkyl halides is 2. The third-order valence-electron chi connectivity index (χ3n) is 3.01. The van der Waals surface area contributed by atoms with E-state index in [2.05, 4.69) is 0 Å². The smallest absolute Gasteiger partial charge is 0.263 e. The van der Waals surface area contributed by atoms with Crippen LogP contribution in [0.25, 0.3) is 0 Å². The quantitative estimate of drug-likeness (QED) is 0.851. The molecule has 0 aliphatic rings. The maximum absolute atomic E-state index is 12.5. The fourth-order valence-corrected chi connectivity index (χ4v) is 1.97. The van der Waals surface area contributed by atoms with Gasteiger partial charge in [0.15, 0.2) is 0 Å². The number of nitrogens with two attached hydrogens (primary N) is 1. The highest BCUT2D eigenvalue weighted by Gasteiger charge is 2.13. The minimum atomic E-state index is -2.46. The molecular formula is C16H18ClF2NO. The van der Waals surface area contributed by atoms with Crippen LogP contribution in [0.15, 0.2) is 54.6 Å². The molecule has 0 spiro atoms. The van der Waals surface area contributed by atoms with Crippen LogP contribution in [-0.4, -0.2) is 6.54 Å². The van der Waals surface area contributed by atoms with Gasteiger partial charge < -0.3 is 10.5 Å². The molecule has 0 saturated carbocycles.